The van der Waals surface area contributed by atoms with Crippen LogP contribution in [0.3, 0.4) is 0 Å². The van der Waals surface area contributed by atoms with E-state index >= 15 is 0 Å². The molecule has 19 heavy (non-hydrogen) atoms. The van der Waals surface area contributed by atoms with E-state index in [0.29, 0.717) is 13.2 Å². The lowest BCUT2D eigenvalue weighted by atomic mass is 10.1. The molecule has 2 aromatic rings. The van der Waals surface area contributed by atoms with Crippen LogP contribution in [0.4, 0.5) is 5.69 Å². The molecule has 1 N–H and O–H groups in total. The molecule has 0 bridgehead atoms. The van der Waals surface area contributed by atoms with Gasteiger partial charge in [-0.05, 0) is 12.1 Å². The molecule has 98 valence electrons. The largest absolute Gasteiger partial charge is 0.478 e. The number of anilines is 1. The molecule has 1 aliphatic heterocycles. The lowest BCUT2D eigenvalue weighted by Gasteiger charge is -2.29. The summed E-state index contributed by atoms with van der Waals surface area (Å²) in [6.45, 7) is 3.09. The van der Waals surface area contributed by atoms with E-state index in [9.17, 15) is 4.79 Å². The first-order valence-corrected chi connectivity index (χ1v) is 6.20. The molecular weight excluding hydrogens is 244 g/mol. The topological polar surface area (TPSA) is 62.7 Å². The smallest absolute Gasteiger partial charge is 0.337 e. The van der Waals surface area contributed by atoms with Gasteiger partial charge >= 0.3 is 5.97 Å². The molecule has 0 aliphatic carbocycles. The van der Waals surface area contributed by atoms with Gasteiger partial charge in [0, 0.05) is 24.7 Å². The van der Waals surface area contributed by atoms with Crippen LogP contribution in [0.1, 0.15) is 10.4 Å². The van der Waals surface area contributed by atoms with E-state index in [2.05, 4.69) is 9.88 Å². The standard InChI is InChI=1S/C14H14N2O3/c17-14(18)11-8-10-2-1-3-12(13(10)15-9-11)16-4-6-19-7-5-16/h1-3,8-9H,4-7H2,(H,17,18). The van der Waals surface area contributed by atoms with Crippen LogP contribution < -0.4 is 4.90 Å². The third-order valence-corrected chi connectivity index (χ3v) is 3.29. The fraction of sp³-hybridized carbons (Fsp3) is 0.286. The second-order valence-electron chi connectivity index (χ2n) is 4.48. The van der Waals surface area contributed by atoms with E-state index in [1.54, 1.807) is 6.07 Å². The average Bonchev–Trinajstić information content (AvgIpc) is 2.47. The predicted octanol–water partition coefficient (Wildman–Crippen LogP) is 1.77. The normalized spacial score (nSPS) is 15.7. The summed E-state index contributed by atoms with van der Waals surface area (Å²) < 4.78 is 5.34. The molecule has 1 aromatic carbocycles. The highest BCUT2D eigenvalue weighted by molar-refractivity contribution is 5.96. The number of ether oxygens (including phenoxy) is 1. The average molecular weight is 258 g/mol. The van der Waals surface area contributed by atoms with E-state index < -0.39 is 5.97 Å². The van der Waals surface area contributed by atoms with Crippen LogP contribution in [0.25, 0.3) is 10.9 Å². The third kappa shape index (κ3) is 2.24. The highest BCUT2D eigenvalue weighted by Crippen LogP contribution is 2.26. The summed E-state index contributed by atoms with van der Waals surface area (Å²) in [7, 11) is 0. The summed E-state index contributed by atoms with van der Waals surface area (Å²) in [5.41, 5.74) is 2.10. The summed E-state index contributed by atoms with van der Waals surface area (Å²) in [5.74, 6) is -0.953. The zero-order valence-corrected chi connectivity index (χ0v) is 10.4. The quantitative estimate of drug-likeness (QED) is 0.889. The molecule has 0 saturated carbocycles. The number of benzene rings is 1. The van der Waals surface area contributed by atoms with Crippen molar-refractivity contribution in [3.05, 3.63) is 36.0 Å². The van der Waals surface area contributed by atoms with Crippen molar-refractivity contribution >= 4 is 22.6 Å². The van der Waals surface area contributed by atoms with E-state index in [1.165, 1.54) is 6.20 Å². The summed E-state index contributed by atoms with van der Waals surface area (Å²) in [6, 6.07) is 7.49. The number of pyridine rings is 1. The van der Waals surface area contributed by atoms with E-state index in [0.717, 1.165) is 29.7 Å². The van der Waals surface area contributed by atoms with Gasteiger partial charge in [-0.15, -0.1) is 0 Å². The van der Waals surface area contributed by atoms with Gasteiger partial charge < -0.3 is 14.7 Å². The Kier molecular flexibility index (Phi) is 3.05. The molecule has 0 unspecified atom stereocenters. The van der Waals surface area contributed by atoms with Gasteiger partial charge in [-0.2, -0.15) is 0 Å². The molecule has 1 aliphatic rings. The Morgan fingerprint density at radius 1 is 1.32 bits per heavy atom. The van der Waals surface area contributed by atoms with Gasteiger partial charge in [0.2, 0.25) is 0 Å². The molecule has 5 nitrogen and oxygen atoms in total. The predicted molar refractivity (Wildman–Crippen MR) is 71.7 cm³/mol. The summed E-state index contributed by atoms with van der Waals surface area (Å²) in [5, 5.41) is 9.85. The van der Waals surface area contributed by atoms with Crippen LogP contribution in [0, 0.1) is 0 Å². The lowest BCUT2D eigenvalue weighted by Crippen LogP contribution is -2.36. The Labute approximate surface area is 110 Å². The number of rotatable bonds is 2. The second-order valence-corrected chi connectivity index (χ2v) is 4.48. The van der Waals surface area contributed by atoms with Crippen LogP contribution >= 0.6 is 0 Å². The number of hydrogen-bond acceptors (Lipinski definition) is 4. The maximum absolute atomic E-state index is 11.0. The first-order chi connectivity index (χ1) is 9.25. The fourth-order valence-corrected chi connectivity index (χ4v) is 2.32. The van der Waals surface area contributed by atoms with Crippen molar-refractivity contribution in [2.75, 3.05) is 31.2 Å². The minimum atomic E-state index is -0.953. The Balaban J connectivity index is 2.07. The molecule has 0 radical (unpaired) electrons. The Morgan fingerprint density at radius 3 is 2.84 bits per heavy atom. The number of nitrogens with zero attached hydrogens (tertiary/aromatic N) is 2. The number of para-hydroxylation sites is 1. The van der Waals surface area contributed by atoms with Gasteiger partial charge in [0.25, 0.3) is 0 Å². The number of aromatic nitrogens is 1. The maximum Gasteiger partial charge on any atom is 0.337 e. The molecule has 0 spiro atoms. The zero-order chi connectivity index (χ0) is 13.2. The van der Waals surface area contributed by atoms with Crippen LogP contribution in [-0.2, 0) is 4.74 Å². The van der Waals surface area contributed by atoms with Crippen molar-refractivity contribution < 1.29 is 14.6 Å². The van der Waals surface area contributed by atoms with Gasteiger partial charge in [-0.25, -0.2) is 4.79 Å². The Morgan fingerprint density at radius 2 is 2.11 bits per heavy atom. The summed E-state index contributed by atoms with van der Waals surface area (Å²) in [4.78, 5) is 17.5. The molecule has 5 heteroatoms. The molecule has 1 saturated heterocycles. The maximum atomic E-state index is 11.0. The number of carboxylic acid groups (broad SMARTS) is 1. The minimum Gasteiger partial charge on any atom is -0.478 e. The lowest BCUT2D eigenvalue weighted by molar-refractivity contribution is 0.0696. The minimum absolute atomic E-state index is 0.214. The molecule has 0 amide bonds. The van der Waals surface area contributed by atoms with Crippen molar-refractivity contribution in [1.29, 1.82) is 0 Å². The van der Waals surface area contributed by atoms with E-state index in [1.807, 2.05) is 18.2 Å². The molecule has 2 heterocycles. The Hall–Kier alpha value is -2.14. The van der Waals surface area contributed by atoms with Crippen LogP contribution in [0.5, 0.6) is 0 Å². The van der Waals surface area contributed by atoms with Gasteiger partial charge in [-0.3, -0.25) is 4.98 Å². The fourth-order valence-electron chi connectivity index (χ4n) is 2.32. The van der Waals surface area contributed by atoms with Crippen molar-refractivity contribution in [3.63, 3.8) is 0 Å². The monoisotopic (exact) mass is 258 g/mol. The number of hydrogen-bond donors (Lipinski definition) is 1. The van der Waals surface area contributed by atoms with Gasteiger partial charge in [-0.1, -0.05) is 12.1 Å². The van der Waals surface area contributed by atoms with Crippen molar-refractivity contribution in [1.82, 2.24) is 4.98 Å². The first-order valence-electron chi connectivity index (χ1n) is 6.20. The molecule has 1 aromatic heterocycles. The molecule has 3 rings (SSSR count). The molecule has 0 atom stereocenters. The number of morpholine rings is 1. The van der Waals surface area contributed by atoms with Crippen LogP contribution in [0.2, 0.25) is 0 Å². The van der Waals surface area contributed by atoms with Crippen LogP contribution in [0.15, 0.2) is 30.5 Å². The van der Waals surface area contributed by atoms with Crippen molar-refractivity contribution in [2.45, 2.75) is 0 Å². The van der Waals surface area contributed by atoms with Gasteiger partial charge in [0.1, 0.15) is 0 Å². The Bertz CT molecular complexity index is 621. The summed E-state index contributed by atoms with van der Waals surface area (Å²) >= 11 is 0. The highest BCUT2D eigenvalue weighted by Gasteiger charge is 2.15. The van der Waals surface area contributed by atoms with E-state index in [4.69, 9.17) is 9.84 Å². The SMILES string of the molecule is O=C(O)c1cnc2c(N3CCOCC3)cccc2c1. The van der Waals surface area contributed by atoms with Gasteiger partial charge in [0.05, 0.1) is 30.0 Å². The molecular formula is C14H14N2O3. The first kappa shape index (κ1) is 11.9. The van der Waals surface area contributed by atoms with Crippen molar-refractivity contribution in [3.8, 4) is 0 Å². The summed E-state index contributed by atoms with van der Waals surface area (Å²) in [6.07, 6.45) is 1.41. The van der Waals surface area contributed by atoms with Gasteiger partial charge in [0.15, 0.2) is 0 Å². The third-order valence-electron chi connectivity index (χ3n) is 3.29. The van der Waals surface area contributed by atoms with Crippen molar-refractivity contribution in [2.24, 2.45) is 0 Å². The number of carbonyl (C=O) groups is 1. The number of fused-ring (bicyclic) bond motifs is 1. The highest BCUT2D eigenvalue weighted by atomic mass is 16.5. The number of carboxylic acids is 1. The molecule has 1 fully saturated rings. The number of aromatic carboxylic acids is 1. The zero-order valence-electron chi connectivity index (χ0n) is 10.4. The van der Waals surface area contributed by atoms with E-state index in [-0.39, 0.29) is 5.56 Å². The second kappa shape index (κ2) is 4.85. The van der Waals surface area contributed by atoms with Crippen LogP contribution in [-0.4, -0.2) is 42.4 Å².